The Hall–Kier alpha value is -1.02. The molecule has 2 N–H and O–H groups in total. The summed E-state index contributed by atoms with van der Waals surface area (Å²) in [6.07, 6.45) is 5.31. The first kappa shape index (κ1) is 9.07. The van der Waals surface area contributed by atoms with Crippen LogP contribution >= 0.6 is 0 Å². The van der Waals surface area contributed by atoms with Gasteiger partial charge in [0.15, 0.2) is 0 Å². The summed E-state index contributed by atoms with van der Waals surface area (Å²) in [6.45, 7) is 7.37. The molecule has 2 nitrogen and oxygen atoms in total. The highest BCUT2D eigenvalue weighted by atomic mass is 16.3. The highest BCUT2D eigenvalue weighted by molar-refractivity contribution is 5.32. The summed E-state index contributed by atoms with van der Waals surface area (Å²) >= 11 is 0. The van der Waals surface area contributed by atoms with Crippen LogP contribution in [0.15, 0.2) is 36.1 Å². The first-order valence-corrected chi connectivity index (χ1v) is 4.18. The topological polar surface area (TPSA) is 32.3 Å². The molecular weight excluding hydrogens is 150 g/mol. The Labute approximate surface area is 73.3 Å². The smallest absolute Gasteiger partial charge is 0.114 e. The van der Waals surface area contributed by atoms with Gasteiger partial charge in [-0.15, -0.1) is 0 Å². The summed E-state index contributed by atoms with van der Waals surface area (Å²) in [4.78, 5) is 0. The van der Waals surface area contributed by atoms with Gasteiger partial charge < -0.3 is 10.4 Å². The van der Waals surface area contributed by atoms with Crippen LogP contribution in [0.4, 0.5) is 0 Å². The zero-order chi connectivity index (χ0) is 8.97. The van der Waals surface area contributed by atoms with Crippen molar-refractivity contribution >= 4 is 0 Å². The van der Waals surface area contributed by atoms with Crippen molar-refractivity contribution in [3.63, 3.8) is 0 Å². The minimum absolute atomic E-state index is 0.376. The summed E-state index contributed by atoms with van der Waals surface area (Å²) in [5, 5.41) is 12.7. The Bertz CT molecular complexity index is 224. The lowest BCUT2D eigenvalue weighted by Crippen LogP contribution is -2.43. The second-order valence-electron chi connectivity index (χ2n) is 2.89. The van der Waals surface area contributed by atoms with Crippen molar-refractivity contribution in [2.75, 3.05) is 13.1 Å². The van der Waals surface area contributed by atoms with E-state index in [1.807, 2.05) is 13.0 Å². The van der Waals surface area contributed by atoms with Crippen LogP contribution in [-0.4, -0.2) is 18.2 Å². The molecule has 1 aliphatic heterocycles. The molecule has 0 aliphatic carbocycles. The summed E-state index contributed by atoms with van der Waals surface area (Å²) < 4.78 is 0. The standard InChI is InChI=1S/C10H15NO/c1-3-5-9(10(12)4-2)8-6-11-7-8/h3-5,8,11-12H,1,6-7H2,2H3/b9-5-,10-4+. The van der Waals surface area contributed by atoms with Gasteiger partial charge in [-0.25, -0.2) is 0 Å². The van der Waals surface area contributed by atoms with Crippen molar-refractivity contribution in [3.05, 3.63) is 36.1 Å². The molecule has 0 bridgehead atoms. The highest BCUT2D eigenvalue weighted by Crippen LogP contribution is 2.21. The maximum Gasteiger partial charge on any atom is 0.114 e. The molecule has 0 aromatic rings. The molecule has 0 aromatic carbocycles. The number of hydrogen-bond donors (Lipinski definition) is 2. The van der Waals surface area contributed by atoms with E-state index in [2.05, 4.69) is 11.9 Å². The van der Waals surface area contributed by atoms with Crippen LogP contribution in [0.1, 0.15) is 6.92 Å². The summed E-state index contributed by atoms with van der Waals surface area (Å²) in [7, 11) is 0. The maximum atomic E-state index is 9.50. The van der Waals surface area contributed by atoms with E-state index < -0.39 is 0 Å². The molecule has 2 heteroatoms. The molecule has 0 aromatic heterocycles. The normalized spacial score (nSPS) is 20.4. The molecule has 66 valence electrons. The minimum Gasteiger partial charge on any atom is -0.508 e. The van der Waals surface area contributed by atoms with Gasteiger partial charge in [0.2, 0.25) is 0 Å². The molecule has 12 heavy (non-hydrogen) atoms. The third-order valence-electron chi connectivity index (χ3n) is 2.09. The van der Waals surface area contributed by atoms with Gasteiger partial charge in [0, 0.05) is 19.0 Å². The SMILES string of the molecule is C=C/C=C(\C(O)=C/C)C1CNC1. The average Bonchev–Trinajstić information content (AvgIpc) is 1.99. The fraction of sp³-hybridized carbons (Fsp3) is 0.400. The predicted octanol–water partition coefficient (Wildman–Crippen LogP) is 1.78. The van der Waals surface area contributed by atoms with Crippen LogP contribution in [0.25, 0.3) is 0 Å². The molecule has 0 spiro atoms. The Morgan fingerprint density at radius 2 is 2.25 bits per heavy atom. The van der Waals surface area contributed by atoms with E-state index in [0.29, 0.717) is 11.7 Å². The third-order valence-corrected chi connectivity index (χ3v) is 2.09. The fourth-order valence-corrected chi connectivity index (χ4v) is 1.23. The molecule has 0 radical (unpaired) electrons. The van der Waals surface area contributed by atoms with Gasteiger partial charge in [0.05, 0.1) is 0 Å². The van der Waals surface area contributed by atoms with E-state index in [9.17, 15) is 5.11 Å². The van der Waals surface area contributed by atoms with Crippen molar-refractivity contribution in [1.82, 2.24) is 5.32 Å². The van der Waals surface area contributed by atoms with Crippen molar-refractivity contribution < 1.29 is 5.11 Å². The fourth-order valence-electron chi connectivity index (χ4n) is 1.23. The molecule has 0 amide bonds. The van der Waals surface area contributed by atoms with Crippen LogP contribution in [0, 0.1) is 5.92 Å². The maximum absolute atomic E-state index is 9.50. The molecule has 0 unspecified atom stereocenters. The van der Waals surface area contributed by atoms with Crippen LogP contribution in [0.3, 0.4) is 0 Å². The van der Waals surface area contributed by atoms with Crippen LogP contribution < -0.4 is 5.32 Å². The Morgan fingerprint density at radius 3 is 2.58 bits per heavy atom. The number of hydrogen-bond acceptors (Lipinski definition) is 2. The molecule has 1 fully saturated rings. The molecule has 1 saturated heterocycles. The third kappa shape index (κ3) is 1.77. The van der Waals surface area contributed by atoms with Crippen molar-refractivity contribution in [2.24, 2.45) is 5.92 Å². The van der Waals surface area contributed by atoms with Gasteiger partial charge in [0.1, 0.15) is 5.76 Å². The van der Waals surface area contributed by atoms with E-state index in [1.54, 1.807) is 12.2 Å². The lowest BCUT2D eigenvalue weighted by atomic mass is 9.91. The number of nitrogens with one attached hydrogen (secondary N) is 1. The van der Waals surface area contributed by atoms with E-state index in [-0.39, 0.29) is 0 Å². The molecule has 0 saturated carbocycles. The predicted molar refractivity (Wildman–Crippen MR) is 51.0 cm³/mol. The van der Waals surface area contributed by atoms with E-state index in [4.69, 9.17) is 0 Å². The van der Waals surface area contributed by atoms with Gasteiger partial charge in [0.25, 0.3) is 0 Å². The largest absolute Gasteiger partial charge is 0.508 e. The van der Waals surface area contributed by atoms with E-state index >= 15 is 0 Å². The monoisotopic (exact) mass is 165 g/mol. The quantitative estimate of drug-likeness (QED) is 0.493. The van der Waals surface area contributed by atoms with E-state index in [1.165, 1.54) is 0 Å². The number of allylic oxidation sites excluding steroid dienone is 4. The molecule has 1 rings (SSSR count). The van der Waals surface area contributed by atoms with E-state index in [0.717, 1.165) is 18.7 Å². The Kier molecular flexibility index (Phi) is 3.11. The summed E-state index contributed by atoms with van der Waals surface area (Å²) in [5.41, 5.74) is 0.992. The van der Waals surface area contributed by atoms with Gasteiger partial charge >= 0.3 is 0 Å². The van der Waals surface area contributed by atoms with Gasteiger partial charge in [-0.2, -0.15) is 0 Å². The summed E-state index contributed by atoms with van der Waals surface area (Å²) in [5.74, 6) is 0.834. The first-order chi connectivity index (χ1) is 5.79. The Balaban J connectivity index is 2.73. The molecule has 1 aliphatic rings. The lowest BCUT2D eigenvalue weighted by Gasteiger charge is -2.29. The molecular formula is C10H15NO. The number of aliphatic hydroxyl groups is 1. The van der Waals surface area contributed by atoms with Gasteiger partial charge in [-0.1, -0.05) is 18.7 Å². The van der Waals surface area contributed by atoms with Crippen molar-refractivity contribution in [2.45, 2.75) is 6.92 Å². The van der Waals surface area contributed by atoms with Crippen molar-refractivity contribution in [3.8, 4) is 0 Å². The van der Waals surface area contributed by atoms with Gasteiger partial charge in [-0.3, -0.25) is 0 Å². The molecule has 1 heterocycles. The van der Waals surface area contributed by atoms with Gasteiger partial charge in [-0.05, 0) is 18.6 Å². The second kappa shape index (κ2) is 4.12. The Morgan fingerprint density at radius 1 is 1.58 bits per heavy atom. The average molecular weight is 165 g/mol. The number of rotatable bonds is 3. The zero-order valence-electron chi connectivity index (χ0n) is 7.38. The summed E-state index contributed by atoms with van der Waals surface area (Å²) in [6, 6.07) is 0. The lowest BCUT2D eigenvalue weighted by molar-refractivity contribution is 0.352. The second-order valence-corrected chi connectivity index (χ2v) is 2.89. The van der Waals surface area contributed by atoms with Crippen LogP contribution in [0.2, 0.25) is 0 Å². The van der Waals surface area contributed by atoms with Crippen molar-refractivity contribution in [1.29, 1.82) is 0 Å². The molecule has 0 atom stereocenters. The zero-order valence-corrected chi connectivity index (χ0v) is 7.38. The number of aliphatic hydroxyl groups excluding tert-OH is 1. The first-order valence-electron chi connectivity index (χ1n) is 4.18. The minimum atomic E-state index is 0.376. The van der Waals surface area contributed by atoms with Crippen LogP contribution in [0.5, 0.6) is 0 Å². The highest BCUT2D eigenvalue weighted by Gasteiger charge is 2.22. The van der Waals surface area contributed by atoms with Crippen LogP contribution in [-0.2, 0) is 0 Å².